The summed E-state index contributed by atoms with van der Waals surface area (Å²) in [5, 5.41) is 12.4. The molecule has 3 N–H and O–H groups in total. The summed E-state index contributed by atoms with van der Waals surface area (Å²) in [7, 11) is 1.63. The highest BCUT2D eigenvalue weighted by molar-refractivity contribution is 6.31. The van der Waals surface area contributed by atoms with Crippen LogP contribution in [0.1, 0.15) is 29.4 Å². The lowest BCUT2D eigenvalue weighted by molar-refractivity contribution is 0.103. The maximum Gasteiger partial charge on any atom is 0.321 e. The second-order valence-electron chi connectivity index (χ2n) is 5.59. The normalized spacial score (nSPS) is 11.8. The molecule has 0 aliphatic rings. The molecule has 2 amide bonds. The van der Waals surface area contributed by atoms with Crippen LogP contribution >= 0.6 is 11.6 Å². The van der Waals surface area contributed by atoms with Crippen LogP contribution in [0.5, 0.6) is 0 Å². The first kappa shape index (κ1) is 18.0. The summed E-state index contributed by atoms with van der Waals surface area (Å²) in [6, 6.07) is 7.75. The highest BCUT2D eigenvalue weighted by Crippen LogP contribution is 2.23. The summed E-state index contributed by atoms with van der Waals surface area (Å²) in [5.41, 5.74) is 1.10. The standard InChI is InChI=1S/C17H20ClN3O3/c1-11(22)7-9-21(2)17(24)20-14-6-5-12(18)10-13(14)16(23)15-4-3-8-19-15/h3-6,8,10-11,19,22H,7,9H2,1-2H3,(H,20,24)/t11-/m1/s1. The van der Waals surface area contributed by atoms with Crippen molar-refractivity contribution in [3.8, 4) is 0 Å². The van der Waals surface area contributed by atoms with Crippen LogP contribution in [0, 0.1) is 0 Å². The number of rotatable bonds is 6. The third-order valence-corrected chi connectivity index (χ3v) is 3.77. The largest absolute Gasteiger partial charge is 0.393 e. The smallest absolute Gasteiger partial charge is 0.321 e. The minimum atomic E-state index is -0.485. The van der Waals surface area contributed by atoms with Gasteiger partial charge in [0.2, 0.25) is 5.78 Å². The molecule has 0 saturated carbocycles. The van der Waals surface area contributed by atoms with Crippen LogP contribution in [-0.2, 0) is 0 Å². The average molecular weight is 350 g/mol. The van der Waals surface area contributed by atoms with E-state index in [0.717, 1.165) is 0 Å². The number of hydrogen-bond acceptors (Lipinski definition) is 3. The number of urea groups is 1. The van der Waals surface area contributed by atoms with Gasteiger partial charge in [0.1, 0.15) is 0 Å². The van der Waals surface area contributed by atoms with Crippen LogP contribution in [-0.4, -0.2) is 46.5 Å². The molecular formula is C17H20ClN3O3. The van der Waals surface area contributed by atoms with E-state index in [1.165, 1.54) is 11.0 Å². The van der Waals surface area contributed by atoms with Gasteiger partial charge in [0.15, 0.2) is 0 Å². The molecule has 0 fully saturated rings. The van der Waals surface area contributed by atoms with Crippen molar-refractivity contribution in [2.24, 2.45) is 0 Å². The van der Waals surface area contributed by atoms with Crippen LogP contribution in [0.2, 0.25) is 5.02 Å². The highest BCUT2D eigenvalue weighted by atomic mass is 35.5. The third-order valence-electron chi connectivity index (χ3n) is 3.54. The molecule has 1 atom stereocenters. The zero-order chi connectivity index (χ0) is 17.7. The number of halogens is 1. The first-order valence-corrected chi connectivity index (χ1v) is 7.94. The van der Waals surface area contributed by atoms with Gasteiger partial charge in [-0.2, -0.15) is 0 Å². The lowest BCUT2D eigenvalue weighted by atomic mass is 10.1. The second kappa shape index (κ2) is 7.99. The summed E-state index contributed by atoms with van der Waals surface area (Å²) >= 11 is 5.99. The van der Waals surface area contributed by atoms with Crippen molar-refractivity contribution in [1.82, 2.24) is 9.88 Å². The van der Waals surface area contributed by atoms with E-state index in [-0.39, 0.29) is 11.8 Å². The number of H-pyrrole nitrogens is 1. The van der Waals surface area contributed by atoms with Crippen LogP contribution in [0.4, 0.5) is 10.5 Å². The van der Waals surface area contributed by atoms with Gasteiger partial charge in [-0.1, -0.05) is 11.6 Å². The number of ketones is 1. The molecule has 0 aliphatic heterocycles. The van der Waals surface area contributed by atoms with Crippen LogP contribution in [0.25, 0.3) is 0 Å². The number of nitrogens with one attached hydrogen (secondary N) is 2. The fourth-order valence-corrected chi connectivity index (χ4v) is 2.29. The summed E-state index contributed by atoms with van der Waals surface area (Å²) in [4.78, 5) is 29.1. The molecule has 24 heavy (non-hydrogen) atoms. The Hall–Kier alpha value is -2.31. The van der Waals surface area contributed by atoms with Crippen molar-refractivity contribution in [1.29, 1.82) is 0 Å². The van der Waals surface area contributed by atoms with E-state index >= 15 is 0 Å². The van der Waals surface area contributed by atoms with Crippen molar-refractivity contribution in [3.05, 3.63) is 52.8 Å². The van der Waals surface area contributed by atoms with E-state index in [4.69, 9.17) is 11.6 Å². The first-order valence-electron chi connectivity index (χ1n) is 7.56. The molecule has 7 heteroatoms. The molecule has 1 aromatic heterocycles. The molecule has 1 heterocycles. The number of carbonyl (C=O) groups is 2. The number of aliphatic hydroxyl groups excluding tert-OH is 1. The van der Waals surface area contributed by atoms with Crippen LogP contribution < -0.4 is 5.32 Å². The quantitative estimate of drug-likeness (QED) is 0.700. The number of anilines is 1. The molecular weight excluding hydrogens is 330 g/mol. The Morgan fingerprint density at radius 3 is 2.75 bits per heavy atom. The molecule has 0 radical (unpaired) electrons. The minimum absolute atomic E-state index is 0.260. The Bertz CT molecular complexity index is 714. The number of aromatic amines is 1. The molecule has 0 bridgehead atoms. The van der Waals surface area contributed by atoms with E-state index in [0.29, 0.717) is 34.9 Å². The number of benzene rings is 1. The molecule has 2 rings (SSSR count). The number of nitrogens with zero attached hydrogens (tertiary/aromatic N) is 1. The van der Waals surface area contributed by atoms with Crippen LogP contribution in [0.3, 0.4) is 0 Å². The van der Waals surface area contributed by atoms with Gasteiger partial charge < -0.3 is 20.3 Å². The van der Waals surface area contributed by atoms with E-state index in [2.05, 4.69) is 10.3 Å². The monoisotopic (exact) mass is 349 g/mol. The summed E-state index contributed by atoms with van der Waals surface area (Å²) in [5.74, 6) is -0.260. The Morgan fingerprint density at radius 1 is 1.38 bits per heavy atom. The minimum Gasteiger partial charge on any atom is -0.393 e. The molecule has 128 valence electrons. The topological polar surface area (TPSA) is 85.4 Å². The predicted molar refractivity (Wildman–Crippen MR) is 93.6 cm³/mol. The molecule has 2 aromatic rings. The van der Waals surface area contributed by atoms with Crippen molar-refractivity contribution < 1.29 is 14.7 Å². The maximum atomic E-state index is 12.6. The number of amides is 2. The molecule has 0 unspecified atom stereocenters. The van der Waals surface area contributed by atoms with Gasteiger partial charge >= 0.3 is 6.03 Å². The van der Waals surface area contributed by atoms with Crippen molar-refractivity contribution in [2.45, 2.75) is 19.4 Å². The van der Waals surface area contributed by atoms with Gasteiger partial charge in [-0.05, 0) is 43.7 Å². The second-order valence-corrected chi connectivity index (χ2v) is 6.03. The average Bonchev–Trinajstić information content (AvgIpc) is 3.07. The van der Waals surface area contributed by atoms with E-state index in [1.807, 2.05) is 0 Å². The molecule has 0 saturated heterocycles. The van der Waals surface area contributed by atoms with E-state index in [9.17, 15) is 14.7 Å². The summed E-state index contributed by atoms with van der Waals surface area (Å²) in [6.07, 6.45) is 1.64. The molecule has 0 aliphatic carbocycles. The van der Waals surface area contributed by atoms with Gasteiger partial charge in [-0.25, -0.2) is 4.79 Å². The Kier molecular flexibility index (Phi) is 6.00. The maximum absolute atomic E-state index is 12.6. The van der Waals surface area contributed by atoms with Gasteiger partial charge in [0, 0.05) is 30.4 Å². The van der Waals surface area contributed by atoms with E-state index in [1.54, 1.807) is 44.4 Å². The predicted octanol–water partition coefficient (Wildman–Crippen LogP) is 3.13. The third kappa shape index (κ3) is 4.59. The zero-order valence-electron chi connectivity index (χ0n) is 13.5. The molecule has 0 spiro atoms. The van der Waals surface area contributed by atoms with Gasteiger partial charge in [-0.3, -0.25) is 4.79 Å². The SMILES string of the molecule is C[C@@H](O)CCN(C)C(=O)Nc1ccc(Cl)cc1C(=O)c1ccc[nH]1. The zero-order valence-corrected chi connectivity index (χ0v) is 14.3. The lowest BCUT2D eigenvalue weighted by Crippen LogP contribution is -2.33. The Balaban J connectivity index is 2.18. The van der Waals surface area contributed by atoms with Gasteiger partial charge in [0.25, 0.3) is 0 Å². The summed E-state index contributed by atoms with van der Waals surface area (Å²) < 4.78 is 0. The lowest BCUT2D eigenvalue weighted by Gasteiger charge is -2.19. The van der Waals surface area contributed by atoms with Gasteiger partial charge in [-0.15, -0.1) is 0 Å². The van der Waals surface area contributed by atoms with E-state index < -0.39 is 6.10 Å². The van der Waals surface area contributed by atoms with Crippen molar-refractivity contribution in [3.63, 3.8) is 0 Å². The Morgan fingerprint density at radius 2 is 2.12 bits per heavy atom. The molecule has 1 aromatic carbocycles. The molecule has 6 nitrogen and oxygen atoms in total. The summed E-state index contributed by atoms with van der Waals surface area (Å²) in [6.45, 7) is 2.06. The van der Waals surface area contributed by atoms with Gasteiger partial charge in [0.05, 0.1) is 17.5 Å². The fourth-order valence-electron chi connectivity index (χ4n) is 2.12. The van der Waals surface area contributed by atoms with Crippen molar-refractivity contribution in [2.75, 3.05) is 18.9 Å². The first-order chi connectivity index (χ1) is 11.4. The number of aliphatic hydroxyl groups is 1. The highest BCUT2D eigenvalue weighted by Gasteiger charge is 2.18. The number of carbonyl (C=O) groups excluding carboxylic acids is 2. The Labute approximate surface area is 145 Å². The van der Waals surface area contributed by atoms with Crippen molar-refractivity contribution >= 4 is 29.1 Å². The van der Waals surface area contributed by atoms with Crippen LogP contribution in [0.15, 0.2) is 36.5 Å². The number of hydrogen-bond donors (Lipinski definition) is 3. The fraction of sp³-hybridized carbons (Fsp3) is 0.294. The number of aromatic nitrogens is 1.